The van der Waals surface area contributed by atoms with Gasteiger partial charge in [-0.25, -0.2) is 0 Å². The molecule has 4 heteroatoms. The predicted octanol–water partition coefficient (Wildman–Crippen LogP) is 1.81. The topological polar surface area (TPSA) is 33.7 Å². The van der Waals surface area contributed by atoms with Crippen LogP contribution in [0.3, 0.4) is 0 Å². The monoisotopic (exact) mass is 262 g/mol. The van der Waals surface area contributed by atoms with E-state index in [1.165, 1.54) is 18.4 Å². The van der Waals surface area contributed by atoms with Gasteiger partial charge in [0.25, 0.3) is 0 Å². The highest BCUT2D eigenvalue weighted by atomic mass is 16.5. The van der Waals surface area contributed by atoms with E-state index in [9.17, 15) is 0 Å². The first-order chi connectivity index (χ1) is 9.28. The molecule has 0 radical (unpaired) electrons. The average molecular weight is 262 g/mol. The van der Waals surface area contributed by atoms with Gasteiger partial charge in [0, 0.05) is 24.7 Å². The molecular formula is C15H22N2O2. The second-order valence-electron chi connectivity index (χ2n) is 5.49. The van der Waals surface area contributed by atoms with E-state index in [4.69, 9.17) is 9.47 Å². The molecule has 2 fully saturated rings. The Morgan fingerprint density at radius 1 is 1.32 bits per heavy atom. The Bertz CT molecular complexity index is 438. The van der Waals surface area contributed by atoms with E-state index >= 15 is 0 Å². The molecule has 0 spiro atoms. The number of nitrogens with one attached hydrogen (secondary N) is 1. The highest BCUT2D eigenvalue weighted by Gasteiger charge is 2.29. The van der Waals surface area contributed by atoms with Crippen LogP contribution < -0.4 is 14.8 Å². The molecule has 19 heavy (non-hydrogen) atoms. The van der Waals surface area contributed by atoms with Crippen LogP contribution in [0, 0.1) is 0 Å². The van der Waals surface area contributed by atoms with Gasteiger partial charge in [0.1, 0.15) is 6.10 Å². The molecule has 1 unspecified atom stereocenters. The molecule has 104 valence electrons. The smallest absolute Gasteiger partial charge is 0.166 e. The zero-order valence-corrected chi connectivity index (χ0v) is 11.7. The van der Waals surface area contributed by atoms with Crippen LogP contribution in [0.4, 0.5) is 0 Å². The van der Waals surface area contributed by atoms with Gasteiger partial charge in [-0.1, -0.05) is 12.1 Å². The Hall–Kier alpha value is -1.26. The van der Waals surface area contributed by atoms with Gasteiger partial charge < -0.3 is 14.8 Å². The van der Waals surface area contributed by atoms with Crippen LogP contribution in [0.2, 0.25) is 0 Å². The van der Waals surface area contributed by atoms with Crippen molar-refractivity contribution in [3.63, 3.8) is 0 Å². The van der Waals surface area contributed by atoms with E-state index in [-0.39, 0.29) is 0 Å². The fourth-order valence-corrected chi connectivity index (χ4v) is 2.93. The van der Waals surface area contributed by atoms with Crippen LogP contribution in [-0.2, 0) is 0 Å². The third-order valence-corrected chi connectivity index (χ3v) is 3.98. The number of ether oxygens (including phenoxy) is 2. The molecule has 1 aromatic carbocycles. The zero-order valence-electron chi connectivity index (χ0n) is 11.7. The van der Waals surface area contributed by atoms with Gasteiger partial charge in [-0.3, -0.25) is 4.90 Å². The summed E-state index contributed by atoms with van der Waals surface area (Å²) in [6, 6.07) is 6.59. The van der Waals surface area contributed by atoms with Crippen molar-refractivity contribution in [2.75, 3.05) is 33.8 Å². The van der Waals surface area contributed by atoms with Gasteiger partial charge in [-0.2, -0.15) is 0 Å². The molecule has 4 nitrogen and oxygen atoms in total. The molecule has 0 aromatic heterocycles. The number of hydrogen-bond donors (Lipinski definition) is 1. The van der Waals surface area contributed by atoms with Crippen LogP contribution in [0.25, 0.3) is 0 Å². The molecule has 0 amide bonds. The van der Waals surface area contributed by atoms with Gasteiger partial charge in [0.05, 0.1) is 7.11 Å². The van der Waals surface area contributed by atoms with Gasteiger partial charge >= 0.3 is 0 Å². The summed E-state index contributed by atoms with van der Waals surface area (Å²) in [5.74, 6) is 1.78. The Kier molecular flexibility index (Phi) is 3.62. The summed E-state index contributed by atoms with van der Waals surface area (Å²) in [4.78, 5) is 2.26. The second-order valence-corrected chi connectivity index (χ2v) is 5.49. The van der Waals surface area contributed by atoms with E-state index in [1.54, 1.807) is 7.11 Å². The van der Waals surface area contributed by atoms with Crippen LogP contribution in [0.1, 0.15) is 24.4 Å². The van der Waals surface area contributed by atoms with Crippen molar-refractivity contribution in [1.82, 2.24) is 10.2 Å². The van der Waals surface area contributed by atoms with E-state index in [0.29, 0.717) is 12.1 Å². The lowest BCUT2D eigenvalue weighted by atomic mass is 10.0. The highest BCUT2D eigenvalue weighted by Crippen LogP contribution is 2.38. The Morgan fingerprint density at radius 2 is 2.16 bits per heavy atom. The quantitative estimate of drug-likeness (QED) is 0.897. The summed E-state index contributed by atoms with van der Waals surface area (Å²) in [6.07, 6.45) is 2.70. The maximum absolute atomic E-state index is 6.18. The number of hydrogen-bond acceptors (Lipinski definition) is 4. The molecule has 1 N–H and O–H groups in total. The SMILES string of the molecule is COc1cccc(C2CCCN2)c1OC1CN(C)C1. The lowest BCUT2D eigenvalue weighted by Gasteiger charge is -2.37. The highest BCUT2D eigenvalue weighted by molar-refractivity contribution is 5.48. The first-order valence-corrected chi connectivity index (χ1v) is 7.03. The largest absolute Gasteiger partial charge is 0.493 e. The number of para-hydroxylation sites is 1. The average Bonchev–Trinajstić information content (AvgIpc) is 2.91. The number of benzene rings is 1. The van der Waals surface area contributed by atoms with Crippen LogP contribution in [0.5, 0.6) is 11.5 Å². The maximum Gasteiger partial charge on any atom is 0.166 e. The van der Waals surface area contributed by atoms with E-state index in [0.717, 1.165) is 31.1 Å². The van der Waals surface area contributed by atoms with Crippen LogP contribution >= 0.6 is 0 Å². The van der Waals surface area contributed by atoms with E-state index in [1.807, 2.05) is 12.1 Å². The Balaban J connectivity index is 1.84. The fraction of sp³-hybridized carbons (Fsp3) is 0.600. The molecule has 2 aliphatic heterocycles. The summed E-state index contributed by atoms with van der Waals surface area (Å²) in [5.41, 5.74) is 1.24. The van der Waals surface area contributed by atoms with Gasteiger partial charge in [-0.05, 0) is 32.5 Å². The minimum absolute atomic E-state index is 0.293. The Morgan fingerprint density at radius 3 is 2.79 bits per heavy atom. The second kappa shape index (κ2) is 5.39. The molecule has 2 saturated heterocycles. The number of nitrogens with zero attached hydrogens (tertiary/aromatic N) is 1. The molecule has 0 aliphatic carbocycles. The van der Waals surface area contributed by atoms with E-state index < -0.39 is 0 Å². The predicted molar refractivity (Wildman–Crippen MR) is 74.9 cm³/mol. The van der Waals surface area contributed by atoms with Crippen molar-refractivity contribution >= 4 is 0 Å². The van der Waals surface area contributed by atoms with Crippen LogP contribution in [-0.4, -0.2) is 44.8 Å². The van der Waals surface area contributed by atoms with E-state index in [2.05, 4.69) is 23.3 Å². The first-order valence-electron chi connectivity index (χ1n) is 7.03. The van der Waals surface area contributed by atoms with Crippen molar-refractivity contribution in [2.45, 2.75) is 25.0 Å². The first kappa shape index (κ1) is 12.8. The fourth-order valence-electron chi connectivity index (χ4n) is 2.93. The number of rotatable bonds is 4. The van der Waals surface area contributed by atoms with Gasteiger partial charge in [0.15, 0.2) is 11.5 Å². The summed E-state index contributed by atoms with van der Waals surface area (Å²) < 4.78 is 11.7. The maximum atomic E-state index is 6.18. The van der Waals surface area contributed by atoms with Crippen molar-refractivity contribution in [1.29, 1.82) is 0 Å². The van der Waals surface area contributed by atoms with Gasteiger partial charge in [0.2, 0.25) is 0 Å². The summed E-state index contributed by atoms with van der Waals surface area (Å²) in [5, 5.41) is 3.54. The van der Waals surface area contributed by atoms with Crippen molar-refractivity contribution in [2.24, 2.45) is 0 Å². The third kappa shape index (κ3) is 2.55. The summed E-state index contributed by atoms with van der Waals surface area (Å²) >= 11 is 0. The molecule has 3 rings (SSSR count). The molecule has 0 saturated carbocycles. The molecule has 1 aromatic rings. The van der Waals surface area contributed by atoms with Crippen LogP contribution in [0.15, 0.2) is 18.2 Å². The standard InChI is InChI=1S/C15H22N2O2/c1-17-9-11(10-17)19-15-12(13-6-4-8-16-13)5-3-7-14(15)18-2/h3,5,7,11,13,16H,4,6,8-10H2,1-2H3. The third-order valence-electron chi connectivity index (χ3n) is 3.98. The number of likely N-dealkylation sites (N-methyl/N-ethyl adjacent to an activating group) is 1. The molecule has 2 heterocycles. The summed E-state index contributed by atoms with van der Waals surface area (Å²) in [7, 11) is 3.82. The molecule has 2 aliphatic rings. The molecular weight excluding hydrogens is 240 g/mol. The normalized spacial score (nSPS) is 24.2. The lowest BCUT2D eigenvalue weighted by molar-refractivity contribution is 0.0359. The number of methoxy groups -OCH3 is 1. The van der Waals surface area contributed by atoms with Crippen molar-refractivity contribution in [3.8, 4) is 11.5 Å². The zero-order chi connectivity index (χ0) is 13.2. The molecule has 1 atom stereocenters. The lowest BCUT2D eigenvalue weighted by Crippen LogP contribution is -2.51. The van der Waals surface area contributed by atoms with Crippen molar-refractivity contribution < 1.29 is 9.47 Å². The Labute approximate surface area is 114 Å². The minimum Gasteiger partial charge on any atom is -0.493 e. The number of likely N-dealkylation sites (tertiary alicyclic amines) is 1. The molecule has 0 bridgehead atoms. The minimum atomic E-state index is 0.293. The van der Waals surface area contributed by atoms with Crippen molar-refractivity contribution in [3.05, 3.63) is 23.8 Å². The van der Waals surface area contributed by atoms with Gasteiger partial charge in [-0.15, -0.1) is 0 Å². The summed E-state index contributed by atoms with van der Waals surface area (Å²) in [6.45, 7) is 3.08.